The molecule has 0 bridgehead atoms. The molecule has 7 nitrogen and oxygen atoms in total. The van der Waals surface area contributed by atoms with Crippen LogP contribution in [0.15, 0.2) is 45.3 Å². The highest BCUT2D eigenvalue weighted by Gasteiger charge is 2.44. The number of hydrazone groups is 1. The van der Waals surface area contributed by atoms with Gasteiger partial charge in [0.2, 0.25) is 0 Å². The van der Waals surface area contributed by atoms with Gasteiger partial charge >= 0.3 is 0 Å². The molecule has 178 valence electrons. The third kappa shape index (κ3) is 5.80. The van der Waals surface area contributed by atoms with Gasteiger partial charge in [0.25, 0.3) is 0 Å². The van der Waals surface area contributed by atoms with Crippen LogP contribution in [-0.4, -0.2) is 63.6 Å². The Morgan fingerprint density at radius 2 is 1.79 bits per heavy atom. The third-order valence-corrected chi connectivity index (χ3v) is 6.67. The molecule has 0 aliphatic carbocycles. The molecule has 1 heterocycles. The zero-order valence-corrected chi connectivity index (χ0v) is 18.9. The minimum absolute atomic E-state index is 0.216. The minimum Gasteiger partial charge on any atom is -0.394 e. The molecule has 5 atom stereocenters. The number of rotatable bonds is 6. The second-order valence-corrected chi connectivity index (χ2v) is 8.92. The van der Waals surface area contributed by atoms with Crippen LogP contribution in [0.4, 0.5) is 13.2 Å². The summed E-state index contributed by atoms with van der Waals surface area (Å²) in [7, 11) is 0. The van der Waals surface area contributed by atoms with Crippen LogP contribution >= 0.6 is 35.0 Å². The number of aliphatic hydroxyl groups excluding tert-OH is 3. The van der Waals surface area contributed by atoms with Crippen molar-refractivity contribution in [2.24, 2.45) is 15.9 Å². The third-order valence-electron chi connectivity index (χ3n) is 4.77. The lowest BCUT2D eigenvalue weighted by molar-refractivity contribution is -0.159. The van der Waals surface area contributed by atoms with E-state index in [-0.39, 0.29) is 11.3 Å². The van der Waals surface area contributed by atoms with Gasteiger partial charge in [-0.25, -0.2) is 13.2 Å². The molecule has 13 heteroatoms. The number of hydrogen-bond acceptors (Lipinski definition) is 8. The number of aliphatic imine (C=N–C) groups is 1. The van der Waals surface area contributed by atoms with Crippen LogP contribution in [0.1, 0.15) is 5.56 Å². The van der Waals surface area contributed by atoms with Gasteiger partial charge in [-0.1, -0.05) is 35.0 Å². The average Bonchev–Trinajstić information content (AvgIpc) is 2.77. The van der Waals surface area contributed by atoms with Crippen LogP contribution < -0.4 is 5.84 Å². The predicted octanol–water partition coefficient (Wildman–Crippen LogP) is 2.74. The van der Waals surface area contributed by atoms with Crippen molar-refractivity contribution in [2.75, 3.05) is 6.61 Å². The van der Waals surface area contributed by atoms with Crippen LogP contribution in [0.25, 0.3) is 0 Å². The molecule has 0 saturated carbocycles. The van der Waals surface area contributed by atoms with Crippen molar-refractivity contribution in [3.8, 4) is 0 Å². The van der Waals surface area contributed by atoms with E-state index in [1.54, 1.807) is 12.1 Å². The van der Waals surface area contributed by atoms with Crippen molar-refractivity contribution in [3.05, 3.63) is 63.4 Å². The lowest BCUT2D eigenvalue weighted by atomic mass is 9.98. The molecular weight excluding hydrogens is 506 g/mol. The summed E-state index contributed by atoms with van der Waals surface area (Å²) in [6.07, 6.45) is -2.99. The molecule has 1 aliphatic heterocycles. The second kappa shape index (κ2) is 11.0. The van der Waals surface area contributed by atoms with E-state index < -0.39 is 53.8 Å². The molecule has 3 rings (SSSR count). The Bertz CT molecular complexity index is 1060. The molecule has 1 aliphatic rings. The number of ether oxygens (including phenoxy) is 1. The molecule has 0 spiro atoms. The number of benzene rings is 2. The fraction of sp³-hybridized carbons (Fsp3) is 0.300. The molecule has 5 N–H and O–H groups in total. The summed E-state index contributed by atoms with van der Waals surface area (Å²) in [5, 5.41) is 35.0. The van der Waals surface area contributed by atoms with Crippen molar-refractivity contribution in [1.82, 2.24) is 0 Å². The average molecular weight is 524 g/mol. The lowest BCUT2D eigenvalue weighted by Crippen LogP contribution is -2.56. The topological polar surface area (TPSA) is 121 Å². The van der Waals surface area contributed by atoms with Gasteiger partial charge in [0.05, 0.1) is 11.6 Å². The maximum atomic E-state index is 13.6. The molecule has 0 radical (unpaired) electrons. The Morgan fingerprint density at radius 1 is 1.12 bits per heavy atom. The first-order valence-corrected chi connectivity index (χ1v) is 11.0. The minimum atomic E-state index is -1.66. The van der Waals surface area contributed by atoms with Gasteiger partial charge in [-0.15, -0.1) is 0 Å². The molecule has 0 amide bonds. The zero-order valence-electron chi connectivity index (χ0n) is 16.6. The van der Waals surface area contributed by atoms with Gasteiger partial charge in [0.1, 0.15) is 35.5 Å². The van der Waals surface area contributed by atoms with Gasteiger partial charge < -0.3 is 25.9 Å². The van der Waals surface area contributed by atoms with Gasteiger partial charge in [0, 0.05) is 21.7 Å². The van der Waals surface area contributed by atoms with Gasteiger partial charge in [-0.2, -0.15) is 5.10 Å². The van der Waals surface area contributed by atoms with Crippen molar-refractivity contribution >= 4 is 46.9 Å². The van der Waals surface area contributed by atoms with Crippen LogP contribution in [0.3, 0.4) is 0 Å². The van der Waals surface area contributed by atoms with Gasteiger partial charge in [0.15, 0.2) is 17.5 Å². The summed E-state index contributed by atoms with van der Waals surface area (Å²) in [4.78, 5) is 4.58. The molecule has 0 aromatic heterocycles. The van der Waals surface area contributed by atoms with Crippen molar-refractivity contribution in [3.63, 3.8) is 0 Å². The van der Waals surface area contributed by atoms with Crippen LogP contribution in [0.2, 0.25) is 10.0 Å². The zero-order chi connectivity index (χ0) is 24.3. The van der Waals surface area contributed by atoms with E-state index in [1.807, 2.05) is 0 Å². The number of halogens is 5. The number of nitrogens with zero attached hydrogens (tertiary/aromatic N) is 2. The summed E-state index contributed by atoms with van der Waals surface area (Å²) in [5.41, 5.74) is -1.47. The summed E-state index contributed by atoms with van der Waals surface area (Å²) < 4.78 is 46.0. The van der Waals surface area contributed by atoms with Crippen LogP contribution in [0, 0.1) is 17.5 Å². The Morgan fingerprint density at radius 3 is 2.36 bits per heavy atom. The van der Waals surface area contributed by atoms with Crippen molar-refractivity contribution < 1.29 is 33.2 Å². The molecule has 3 unspecified atom stereocenters. The fourth-order valence-corrected chi connectivity index (χ4v) is 4.69. The first-order valence-electron chi connectivity index (χ1n) is 9.36. The molecule has 2 aromatic rings. The summed E-state index contributed by atoms with van der Waals surface area (Å²) in [6.45, 7) is -0.586. The maximum absolute atomic E-state index is 13.6. The highest BCUT2D eigenvalue weighted by Crippen LogP contribution is 2.38. The molecular formula is C20H18Cl2F3N3O4S. The molecule has 1 fully saturated rings. The number of aliphatic hydroxyl groups is 3. The Balaban J connectivity index is 1.87. The van der Waals surface area contributed by atoms with Gasteiger partial charge in [-0.05, 0) is 30.3 Å². The maximum Gasteiger partial charge on any atom is 0.194 e. The predicted molar refractivity (Wildman–Crippen MR) is 119 cm³/mol. The number of thioether (sulfide) groups is 1. The van der Waals surface area contributed by atoms with E-state index in [0.29, 0.717) is 27.1 Å². The Labute approximate surface area is 200 Å². The smallest absolute Gasteiger partial charge is 0.194 e. The first kappa shape index (κ1) is 25.8. The van der Waals surface area contributed by atoms with E-state index in [2.05, 4.69) is 10.1 Å². The highest BCUT2D eigenvalue weighted by molar-refractivity contribution is 8.00. The van der Waals surface area contributed by atoms with Crippen LogP contribution in [-0.2, 0) is 4.74 Å². The Hall–Kier alpha value is -1.86. The standard InChI is InChI=1S/C20H18Cl2F3N3O4S/c21-9-1-2-15(10(22)5-9)33-20-19(31)17(18(30)14(7-29)32-20)27-6-13(28-26)8-3-11(23)16(25)12(24)4-8/h1-6,14,17-20,29-31H,7,26H2/t14?,17?,18-,19?,20+/m0/s1. The van der Waals surface area contributed by atoms with Crippen molar-refractivity contribution in [2.45, 2.75) is 34.7 Å². The SMILES string of the molecule is NN=C(C=NC1C(O)[C@@H](Sc2ccc(Cl)cc2Cl)OC(CO)[C@@H]1O)c1cc(F)c(F)c(F)c1. The normalized spacial score (nSPS) is 26.2. The Kier molecular flexibility index (Phi) is 8.62. The number of hydrogen-bond donors (Lipinski definition) is 4. The summed E-state index contributed by atoms with van der Waals surface area (Å²) in [6, 6.07) is 4.80. The molecule has 2 aromatic carbocycles. The van der Waals surface area contributed by atoms with Crippen molar-refractivity contribution in [1.29, 1.82) is 0 Å². The quantitative estimate of drug-likeness (QED) is 0.200. The number of nitrogens with two attached hydrogens (primary N) is 1. The fourth-order valence-electron chi connectivity index (χ4n) is 3.08. The van der Waals surface area contributed by atoms with E-state index in [0.717, 1.165) is 18.0 Å². The largest absolute Gasteiger partial charge is 0.394 e. The lowest BCUT2D eigenvalue weighted by Gasteiger charge is -2.40. The van der Waals surface area contributed by atoms with E-state index in [4.69, 9.17) is 33.8 Å². The van der Waals surface area contributed by atoms with Gasteiger partial charge in [-0.3, -0.25) is 4.99 Å². The summed E-state index contributed by atoms with van der Waals surface area (Å²) in [5.74, 6) is 0.708. The van der Waals surface area contributed by atoms with E-state index >= 15 is 0 Å². The van der Waals surface area contributed by atoms with E-state index in [1.165, 1.54) is 6.07 Å². The van der Waals surface area contributed by atoms with E-state index in [9.17, 15) is 28.5 Å². The first-order chi connectivity index (χ1) is 15.7. The monoisotopic (exact) mass is 523 g/mol. The van der Waals surface area contributed by atoms with Crippen LogP contribution in [0.5, 0.6) is 0 Å². The molecule has 33 heavy (non-hydrogen) atoms. The molecule has 1 saturated heterocycles. The highest BCUT2D eigenvalue weighted by atomic mass is 35.5. The second-order valence-electron chi connectivity index (χ2n) is 6.94. The summed E-state index contributed by atoms with van der Waals surface area (Å²) >= 11 is 13.1.